The largest absolute Gasteiger partial charge is 0.391 e. The lowest BCUT2D eigenvalue weighted by molar-refractivity contribution is -0.185. The number of nitrogens with zero attached hydrogens (tertiary/aromatic N) is 1. The number of carbonyl (C=O) groups is 1. The molecule has 158 valence electrons. The third kappa shape index (κ3) is 5.18. The Kier molecular flexibility index (Phi) is 7.38. The number of nitrogens with one attached hydrogen (secondary N) is 1. The highest BCUT2D eigenvalue weighted by Gasteiger charge is 2.43. The Hall–Kier alpha value is -1.32. The minimum atomic E-state index is -4.33. The zero-order valence-electron chi connectivity index (χ0n) is 15.7. The van der Waals surface area contributed by atoms with Gasteiger partial charge < -0.3 is 5.32 Å². The number of amides is 1. The molecule has 1 aliphatic rings. The highest BCUT2D eigenvalue weighted by atomic mass is 35.5. The number of anilines is 1. The van der Waals surface area contributed by atoms with E-state index in [9.17, 15) is 26.4 Å². The van der Waals surface area contributed by atoms with Gasteiger partial charge in [0.15, 0.2) is 0 Å². The molecule has 0 bridgehead atoms. The van der Waals surface area contributed by atoms with E-state index in [2.05, 4.69) is 5.32 Å². The molecule has 5 nitrogen and oxygen atoms in total. The summed E-state index contributed by atoms with van der Waals surface area (Å²) in [5, 5.41) is 2.64. The summed E-state index contributed by atoms with van der Waals surface area (Å²) in [5.41, 5.74) is 0.0778. The van der Waals surface area contributed by atoms with Crippen LogP contribution in [-0.2, 0) is 14.8 Å². The molecule has 0 saturated heterocycles. The Morgan fingerprint density at radius 2 is 1.89 bits per heavy atom. The van der Waals surface area contributed by atoms with Gasteiger partial charge in [-0.1, -0.05) is 31.9 Å². The smallest absolute Gasteiger partial charge is 0.324 e. The second-order valence-electron chi connectivity index (χ2n) is 6.82. The van der Waals surface area contributed by atoms with Crippen molar-refractivity contribution in [1.82, 2.24) is 4.31 Å². The topological polar surface area (TPSA) is 66.5 Å². The average molecular weight is 441 g/mol. The van der Waals surface area contributed by atoms with E-state index in [1.165, 1.54) is 22.5 Å². The van der Waals surface area contributed by atoms with Crippen LogP contribution in [0.15, 0.2) is 23.1 Å². The van der Waals surface area contributed by atoms with Gasteiger partial charge in [-0.15, -0.1) is 0 Å². The standard InChI is InChI=1S/C18H24ClF3N2O3S/c1-3-24(4-2)28(26,27)14-8-9-15(19)16(11-14)23-17(25)12-6-5-7-13(10-12)18(20,21)22/h8-9,11-13H,3-7,10H2,1-2H3,(H,23,25). The molecule has 2 rings (SSSR count). The number of hydrogen-bond acceptors (Lipinski definition) is 3. The maximum Gasteiger partial charge on any atom is 0.391 e. The van der Waals surface area contributed by atoms with Crippen LogP contribution in [0.5, 0.6) is 0 Å². The molecule has 1 fully saturated rings. The summed E-state index contributed by atoms with van der Waals surface area (Å²) in [4.78, 5) is 12.5. The van der Waals surface area contributed by atoms with Gasteiger partial charge in [-0.2, -0.15) is 17.5 Å². The first-order valence-electron chi connectivity index (χ1n) is 9.18. The van der Waals surface area contributed by atoms with Crippen molar-refractivity contribution in [1.29, 1.82) is 0 Å². The molecule has 1 aromatic carbocycles. The van der Waals surface area contributed by atoms with E-state index >= 15 is 0 Å². The van der Waals surface area contributed by atoms with E-state index in [4.69, 9.17) is 11.6 Å². The van der Waals surface area contributed by atoms with Gasteiger partial charge in [-0.05, 0) is 37.5 Å². The third-order valence-corrected chi connectivity index (χ3v) is 7.42. The Morgan fingerprint density at radius 3 is 2.46 bits per heavy atom. The lowest BCUT2D eigenvalue weighted by Crippen LogP contribution is -2.34. The van der Waals surface area contributed by atoms with Crippen LogP contribution in [0.2, 0.25) is 5.02 Å². The number of sulfonamides is 1. The van der Waals surface area contributed by atoms with Gasteiger partial charge in [0.2, 0.25) is 15.9 Å². The SMILES string of the molecule is CCN(CC)S(=O)(=O)c1ccc(Cl)c(NC(=O)C2CCCC(C(F)(F)F)C2)c1. The zero-order valence-corrected chi connectivity index (χ0v) is 17.3. The van der Waals surface area contributed by atoms with Crippen LogP contribution in [0.4, 0.5) is 18.9 Å². The molecule has 0 aliphatic heterocycles. The van der Waals surface area contributed by atoms with Crippen LogP contribution >= 0.6 is 11.6 Å². The fourth-order valence-corrected chi connectivity index (χ4v) is 5.08. The fraction of sp³-hybridized carbons (Fsp3) is 0.611. The zero-order chi connectivity index (χ0) is 21.1. The van der Waals surface area contributed by atoms with Gasteiger partial charge >= 0.3 is 6.18 Å². The molecular weight excluding hydrogens is 417 g/mol. The van der Waals surface area contributed by atoms with Crippen LogP contribution < -0.4 is 5.32 Å². The van der Waals surface area contributed by atoms with E-state index in [1.54, 1.807) is 13.8 Å². The fourth-order valence-electron chi connectivity index (χ4n) is 3.43. The van der Waals surface area contributed by atoms with Gasteiger partial charge in [0.1, 0.15) is 0 Å². The highest BCUT2D eigenvalue weighted by molar-refractivity contribution is 7.89. The predicted octanol–water partition coefficient (Wildman–Crippen LogP) is 4.68. The molecule has 1 saturated carbocycles. The molecule has 1 N–H and O–H groups in total. The summed E-state index contributed by atoms with van der Waals surface area (Å²) in [7, 11) is -3.75. The summed E-state index contributed by atoms with van der Waals surface area (Å²) < 4.78 is 65.5. The number of hydrogen-bond donors (Lipinski definition) is 1. The second kappa shape index (κ2) is 9.00. The summed E-state index contributed by atoms with van der Waals surface area (Å²) in [5.74, 6) is -2.87. The number of carbonyl (C=O) groups excluding carboxylic acids is 1. The number of alkyl halides is 3. The summed E-state index contributed by atoms with van der Waals surface area (Å²) in [6.07, 6.45) is -3.91. The maximum atomic E-state index is 13.0. The maximum absolute atomic E-state index is 13.0. The number of rotatable bonds is 6. The van der Waals surface area contributed by atoms with Crippen molar-refractivity contribution in [3.63, 3.8) is 0 Å². The minimum absolute atomic E-state index is 0.0195. The molecule has 10 heteroatoms. The quantitative estimate of drug-likeness (QED) is 0.698. The van der Waals surface area contributed by atoms with Crippen LogP contribution in [0.1, 0.15) is 39.5 Å². The van der Waals surface area contributed by atoms with Gasteiger partial charge in [0.25, 0.3) is 0 Å². The summed E-state index contributed by atoms with van der Waals surface area (Å²) >= 11 is 6.07. The average Bonchev–Trinajstić information content (AvgIpc) is 2.63. The lowest BCUT2D eigenvalue weighted by Gasteiger charge is -2.29. The highest BCUT2D eigenvalue weighted by Crippen LogP contribution is 2.40. The first-order valence-corrected chi connectivity index (χ1v) is 11.0. The minimum Gasteiger partial charge on any atom is -0.324 e. The number of halogens is 4. The molecular formula is C18H24ClF3N2O3S. The molecule has 0 aromatic heterocycles. The molecule has 0 spiro atoms. The monoisotopic (exact) mass is 440 g/mol. The molecule has 0 heterocycles. The molecule has 1 aliphatic carbocycles. The van der Waals surface area contributed by atoms with Crippen molar-refractivity contribution in [2.45, 2.75) is 50.6 Å². The summed E-state index contributed by atoms with van der Waals surface area (Å²) in [6.45, 7) is 3.98. The van der Waals surface area contributed by atoms with Crippen LogP contribution in [0, 0.1) is 11.8 Å². The number of benzene rings is 1. The van der Waals surface area contributed by atoms with Crippen LogP contribution in [0.25, 0.3) is 0 Å². The third-order valence-electron chi connectivity index (χ3n) is 5.05. The normalized spacial score (nSPS) is 21.0. The van der Waals surface area contributed by atoms with Crippen molar-refractivity contribution >= 4 is 33.2 Å². The van der Waals surface area contributed by atoms with Crippen LogP contribution in [0.3, 0.4) is 0 Å². The molecule has 28 heavy (non-hydrogen) atoms. The van der Waals surface area contributed by atoms with Crippen molar-refractivity contribution in [2.75, 3.05) is 18.4 Å². The predicted molar refractivity (Wildman–Crippen MR) is 102 cm³/mol. The summed E-state index contributed by atoms with van der Waals surface area (Å²) in [6, 6.07) is 3.94. The van der Waals surface area contributed by atoms with Crippen molar-refractivity contribution in [3.05, 3.63) is 23.2 Å². The van der Waals surface area contributed by atoms with Crippen molar-refractivity contribution in [2.24, 2.45) is 11.8 Å². The van der Waals surface area contributed by atoms with E-state index in [1.807, 2.05) is 0 Å². The van der Waals surface area contributed by atoms with Crippen LogP contribution in [-0.4, -0.2) is 37.9 Å². The van der Waals surface area contributed by atoms with E-state index < -0.39 is 33.9 Å². The second-order valence-corrected chi connectivity index (χ2v) is 9.17. The molecule has 2 atom stereocenters. The van der Waals surface area contributed by atoms with Gasteiger partial charge in [-0.3, -0.25) is 4.79 Å². The molecule has 1 amide bonds. The van der Waals surface area contributed by atoms with Gasteiger partial charge in [-0.25, -0.2) is 8.42 Å². The van der Waals surface area contributed by atoms with E-state index in [0.717, 1.165) is 0 Å². The van der Waals surface area contributed by atoms with E-state index in [-0.39, 0.29) is 41.5 Å². The Bertz CT molecular complexity index is 811. The van der Waals surface area contributed by atoms with Crippen molar-refractivity contribution < 1.29 is 26.4 Å². The molecule has 1 aromatic rings. The van der Waals surface area contributed by atoms with Gasteiger partial charge in [0.05, 0.1) is 21.5 Å². The molecule has 2 unspecified atom stereocenters. The Balaban J connectivity index is 2.21. The van der Waals surface area contributed by atoms with Gasteiger partial charge in [0, 0.05) is 19.0 Å². The molecule has 0 radical (unpaired) electrons. The lowest BCUT2D eigenvalue weighted by atomic mass is 9.80. The first kappa shape index (κ1) is 23.0. The van der Waals surface area contributed by atoms with E-state index in [0.29, 0.717) is 12.8 Å². The Labute approximate surface area is 168 Å². The Morgan fingerprint density at radius 1 is 1.25 bits per heavy atom. The first-order chi connectivity index (χ1) is 13.0. The van der Waals surface area contributed by atoms with Crippen molar-refractivity contribution in [3.8, 4) is 0 Å².